The maximum Gasteiger partial charge on any atom is 0.178 e. The summed E-state index contributed by atoms with van der Waals surface area (Å²) in [5, 5.41) is 9.94. The molecule has 0 fully saturated rings. The fraction of sp³-hybridized carbons (Fsp3) is 0. The lowest BCUT2D eigenvalue weighted by Crippen LogP contribution is -2.24. The molecule has 46 valence electrons. The highest BCUT2D eigenvalue weighted by Crippen LogP contribution is 1.78. The molecular weight excluding hydrogens is 122 g/mol. The Bertz CT molecular complexity index is 210. The van der Waals surface area contributed by atoms with Gasteiger partial charge in [-0.15, -0.1) is 0 Å². The van der Waals surface area contributed by atoms with Gasteiger partial charge in [0.15, 0.2) is 5.82 Å². The van der Waals surface area contributed by atoms with Gasteiger partial charge in [0.1, 0.15) is 18.6 Å². The highest BCUT2D eigenvalue weighted by Gasteiger charge is 1.90. The Labute approximate surface area is 50.4 Å². The minimum absolute atomic E-state index is 0.343. The van der Waals surface area contributed by atoms with Crippen LogP contribution in [0.2, 0.25) is 0 Å². The second kappa shape index (κ2) is 2.17. The Morgan fingerprint density at radius 1 is 1.44 bits per heavy atom. The molecule has 5 nitrogen and oxygen atoms in total. The number of carboxylic acid groups (broad SMARTS) is 1. The highest BCUT2D eigenvalue weighted by molar-refractivity contribution is 5.80. The van der Waals surface area contributed by atoms with Crippen molar-refractivity contribution in [2.75, 3.05) is 0 Å². The van der Waals surface area contributed by atoms with E-state index in [-0.39, 0.29) is 5.82 Å². The normalized spacial score (nSPS) is 8.89. The number of hydrogen-bond acceptors (Lipinski definition) is 5. The van der Waals surface area contributed by atoms with Gasteiger partial charge in [0, 0.05) is 0 Å². The second-order valence-electron chi connectivity index (χ2n) is 1.25. The number of aromatic carboxylic acids is 1. The van der Waals surface area contributed by atoms with Gasteiger partial charge in [0.05, 0.1) is 0 Å². The summed E-state index contributed by atoms with van der Waals surface area (Å²) in [5.74, 6) is -1.73. The molecule has 5 heteroatoms. The predicted octanol–water partition coefficient (Wildman–Crippen LogP) is -1.76. The number of aromatic nitrogens is 3. The van der Waals surface area contributed by atoms with Crippen LogP contribution in [-0.4, -0.2) is 20.9 Å². The molecule has 0 radical (unpaired) electrons. The summed E-state index contributed by atoms with van der Waals surface area (Å²) in [7, 11) is 0. The second-order valence-corrected chi connectivity index (χ2v) is 1.25. The largest absolute Gasteiger partial charge is 0.541 e. The van der Waals surface area contributed by atoms with Crippen molar-refractivity contribution in [3.63, 3.8) is 0 Å². The number of hydrogen-bond donors (Lipinski definition) is 0. The van der Waals surface area contributed by atoms with Crippen molar-refractivity contribution in [3.05, 3.63) is 18.5 Å². The van der Waals surface area contributed by atoms with Crippen LogP contribution in [-0.2, 0) is 0 Å². The van der Waals surface area contributed by atoms with Crippen LogP contribution in [0.5, 0.6) is 0 Å². The van der Waals surface area contributed by atoms with E-state index in [0.717, 1.165) is 12.7 Å². The fourth-order valence-corrected chi connectivity index (χ4v) is 0.345. The van der Waals surface area contributed by atoms with E-state index in [4.69, 9.17) is 0 Å². The van der Waals surface area contributed by atoms with Crippen molar-refractivity contribution in [1.82, 2.24) is 15.0 Å². The van der Waals surface area contributed by atoms with Crippen molar-refractivity contribution < 1.29 is 9.90 Å². The van der Waals surface area contributed by atoms with E-state index in [1.54, 1.807) is 0 Å². The number of carboxylic acids is 1. The van der Waals surface area contributed by atoms with Crippen molar-refractivity contribution >= 4 is 5.97 Å². The number of nitrogens with zero attached hydrogens (tertiary/aromatic N) is 3. The average molecular weight is 124 g/mol. The topological polar surface area (TPSA) is 78.8 Å². The van der Waals surface area contributed by atoms with Gasteiger partial charge in [-0.3, -0.25) is 0 Å². The molecule has 0 saturated carbocycles. The van der Waals surface area contributed by atoms with Gasteiger partial charge < -0.3 is 9.90 Å². The third-order valence-corrected chi connectivity index (χ3v) is 0.676. The first-order chi connectivity index (χ1) is 4.30. The van der Waals surface area contributed by atoms with Gasteiger partial charge in [-0.2, -0.15) is 0 Å². The van der Waals surface area contributed by atoms with Crippen LogP contribution in [0.4, 0.5) is 0 Å². The minimum Gasteiger partial charge on any atom is -0.541 e. The smallest absolute Gasteiger partial charge is 0.178 e. The molecule has 0 aliphatic heterocycles. The molecule has 0 aliphatic carbocycles. The SMILES string of the molecule is O=C([O-])c1ncncn1. The van der Waals surface area contributed by atoms with E-state index in [2.05, 4.69) is 15.0 Å². The molecule has 0 spiro atoms. The van der Waals surface area contributed by atoms with Crippen molar-refractivity contribution in [1.29, 1.82) is 0 Å². The fourth-order valence-electron chi connectivity index (χ4n) is 0.345. The minimum atomic E-state index is -1.39. The standard InChI is InChI=1S/C4H3N3O2/c8-4(9)3-6-1-5-2-7-3/h1-2H,(H,8,9)/p-1. The van der Waals surface area contributed by atoms with E-state index in [0.29, 0.717) is 0 Å². The zero-order valence-electron chi connectivity index (χ0n) is 4.31. The van der Waals surface area contributed by atoms with E-state index in [9.17, 15) is 9.90 Å². The van der Waals surface area contributed by atoms with Gasteiger partial charge in [-0.25, -0.2) is 15.0 Å². The molecule has 0 unspecified atom stereocenters. The average Bonchev–Trinajstić information content (AvgIpc) is 1.90. The predicted molar refractivity (Wildman–Crippen MR) is 24.2 cm³/mol. The molecule has 1 heterocycles. The van der Waals surface area contributed by atoms with E-state index in [1.165, 1.54) is 0 Å². The van der Waals surface area contributed by atoms with Crippen LogP contribution in [0, 0.1) is 0 Å². The van der Waals surface area contributed by atoms with Crippen LogP contribution in [0.3, 0.4) is 0 Å². The van der Waals surface area contributed by atoms with Crippen LogP contribution in [0.1, 0.15) is 10.6 Å². The van der Waals surface area contributed by atoms with Crippen molar-refractivity contribution in [2.24, 2.45) is 0 Å². The number of carbonyl (C=O) groups excluding carboxylic acids is 1. The van der Waals surface area contributed by atoms with E-state index in [1.807, 2.05) is 0 Å². The van der Waals surface area contributed by atoms with Gasteiger partial charge in [-0.05, 0) is 0 Å². The first kappa shape index (κ1) is 5.61. The highest BCUT2D eigenvalue weighted by atomic mass is 16.4. The molecule has 0 N–H and O–H groups in total. The molecule has 0 aliphatic rings. The molecular formula is C4H2N3O2-. The Hall–Kier alpha value is -1.52. The molecule has 0 amide bonds. The monoisotopic (exact) mass is 124 g/mol. The molecule has 0 atom stereocenters. The molecule has 1 aromatic rings. The third kappa shape index (κ3) is 1.18. The molecule has 0 saturated heterocycles. The zero-order chi connectivity index (χ0) is 6.69. The first-order valence-corrected chi connectivity index (χ1v) is 2.14. The summed E-state index contributed by atoms with van der Waals surface area (Å²) < 4.78 is 0. The number of rotatable bonds is 1. The van der Waals surface area contributed by atoms with Crippen LogP contribution in [0.15, 0.2) is 12.7 Å². The Morgan fingerprint density at radius 2 is 2.00 bits per heavy atom. The summed E-state index contributed by atoms with van der Waals surface area (Å²) in [5.41, 5.74) is 0. The maximum absolute atomic E-state index is 9.94. The van der Waals surface area contributed by atoms with Crippen molar-refractivity contribution in [3.8, 4) is 0 Å². The van der Waals surface area contributed by atoms with E-state index >= 15 is 0 Å². The summed E-state index contributed by atoms with van der Waals surface area (Å²) >= 11 is 0. The van der Waals surface area contributed by atoms with Crippen LogP contribution in [0.25, 0.3) is 0 Å². The maximum atomic E-state index is 9.94. The van der Waals surface area contributed by atoms with E-state index < -0.39 is 5.97 Å². The zero-order valence-corrected chi connectivity index (χ0v) is 4.31. The lowest BCUT2D eigenvalue weighted by molar-refractivity contribution is -0.256. The van der Waals surface area contributed by atoms with Crippen LogP contribution >= 0.6 is 0 Å². The Morgan fingerprint density at radius 3 is 2.33 bits per heavy atom. The quantitative estimate of drug-likeness (QED) is 0.443. The first-order valence-electron chi connectivity index (χ1n) is 2.14. The van der Waals surface area contributed by atoms with Gasteiger partial charge in [0.25, 0.3) is 0 Å². The Balaban J connectivity index is 2.98. The summed E-state index contributed by atoms with van der Waals surface area (Å²) in [6, 6.07) is 0. The molecule has 0 aromatic carbocycles. The summed E-state index contributed by atoms with van der Waals surface area (Å²) in [6.07, 6.45) is 2.19. The van der Waals surface area contributed by atoms with Gasteiger partial charge in [-0.1, -0.05) is 0 Å². The van der Waals surface area contributed by atoms with Crippen LogP contribution < -0.4 is 5.11 Å². The lowest BCUT2D eigenvalue weighted by atomic mass is 10.6. The Kier molecular flexibility index (Phi) is 1.35. The molecule has 0 bridgehead atoms. The third-order valence-electron chi connectivity index (χ3n) is 0.676. The van der Waals surface area contributed by atoms with Crippen molar-refractivity contribution in [2.45, 2.75) is 0 Å². The van der Waals surface area contributed by atoms with Gasteiger partial charge >= 0.3 is 0 Å². The molecule has 1 aromatic heterocycles. The summed E-state index contributed by atoms with van der Waals surface area (Å²) in [4.78, 5) is 19.9. The molecule has 1 rings (SSSR count). The number of carbonyl (C=O) groups is 1. The molecule has 9 heavy (non-hydrogen) atoms. The van der Waals surface area contributed by atoms with Gasteiger partial charge in [0.2, 0.25) is 0 Å². The lowest BCUT2D eigenvalue weighted by Gasteiger charge is -1.94. The summed E-state index contributed by atoms with van der Waals surface area (Å²) in [6.45, 7) is 0.